The Hall–Kier alpha value is -4.26. The highest BCUT2D eigenvalue weighted by Crippen LogP contribution is 2.16. The number of fused-ring (bicyclic) bond motifs is 2. The molecule has 5 rings (SSSR count). The zero-order chi connectivity index (χ0) is 20.2. The van der Waals surface area contributed by atoms with Crippen LogP contribution in [0.3, 0.4) is 0 Å². The van der Waals surface area contributed by atoms with Crippen molar-refractivity contribution >= 4 is 21.5 Å². The minimum atomic E-state index is 0.943. The summed E-state index contributed by atoms with van der Waals surface area (Å²) in [6.07, 6.45) is 0. The molecule has 5 aromatic carbocycles. The maximum atomic E-state index is 3.31. The average Bonchev–Trinajstić information content (AvgIpc) is 2.81. The first-order chi connectivity index (χ1) is 14.8. The number of rotatable bonds is 0. The molecule has 0 radical (unpaired) electrons. The van der Waals surface area contributed by atoms with E-state index in [0.29, 0.717) is 0 Å². The molecule has 0 heteroatoms. The van der Waals surface area contributed by atoms with Gasteiger partial charge in [0.15, 0.2) is 0 Å². The van der Waals surface area contributed by atoms with E-state index in [0.717, 1.165) is 22.3 Å². The van der Waals surface area contributed by atoms with Crippen LogP contribution in [0.5, 0.6) is 0 Å². The molecule has 138 valence electrons. The molecule has 0 spiro atoms. The van der Waals surface area contributed by atoms with Gasteiger partial charge in [-0.3, -0.25) is 0 Å². The van der Waals surface area contributed by atoms with E-state index >= 15 is 0 Å². The smallest absolute Gasteiger partial charge is 0.0405 e. The minimum Gasteiger partial charge on any atom is -0.0616 e. The van der Waals surface area contributed by atoms with Crippen molar-refractivity contribution in [3.05, 3.63) is 131 Å². The highest BCUT2D eigenvalue weighted by atomic mass is 14.0. The third-order valence-electron chi connectivity index (χ3n) is 5.11. The van der Waals surface area contributed by atoms with Crippen LogP contribution in [0, 0.1) is 23.7 Å². The quantitative estimate of drug-likeness (QED) is 0.260. The molecule has 0 heterocycles. The predicted molar refractivity (Wildman–Crippen MR) is 126 cm³/mol. The van der Waals surface area contributed by atoms with Crippen molar-refractivity contribution in [2.45, 2.75) is 0 Å². The zero-order valence-corrected chi connectivity index (χ0v) is 16.4. The molecule has 5 aromatic rings. The van der Waals surface area contributed by atoms with Gasteiger partial charge in [0.1, 0.15) is 0 Å². The summed E-state index contributed by atoms with van der Waals surface area (Å²) >= 11 is 0. The summed E-state index contributed by atoms with van der Waals surface area (Å²) < 4.78 is 0. The molecule has 0 aliphatic heterocycles. The molecular weight excluding hydrogens is 360 g/mol. The van der Waals surface area contributed by atoms with E-state index in [-0.39, 0.29) is 0 Å². The molecule has 30 heavy (non-hydrogen) atoms. The lowest BCUT2D eigenvalue weighted by molar-refractivity contribution is 1.58. The van der Waals surface area contributed by atoms with Gasteiger partial charge < -0.3 is 0 Å². The number of hydrogen-bond acceptors (Lipinski definition) is 0. The Kier molecular flexibility index (Phi) is 4.75. The number of benzene rings is 5. The molecular formula is C30H18. The monoisotopic (exact) mass is 378 g/mol. The Morgan fingerprint density at radius 3 is 1.20 bits per heavy atom. The van der Waals surface area contributed by atoms with Crippen LogP contribution in [0.2, 0.25) is 0 Å². The predicted octanol–water partition coefficient (Wildman–Crippen LogP) is 6.79. The third-order valence-corrected chi connectivity index (χ3v) is 5.11. The van der Waals surface area contributed by atoms with Gasteiger partial charge in [0.05, 0.1) is 0 Å². The molecule has 0 nitrogen and oxygen atoms in total. The summed E-state index contributed by atoms with van der Waals surface area (Å²) in [4.78, 5) is 0. The van der Waals surface area contributed by atoms with Gasteiger partial charge in [-0.05, 0) is 57.9 Å². The first-order valence-electron chi connectivity index (χ1n) is 9.96. The van der Waals surface area contributed by atoms with Crippen molar-refractivity contribution in [3.63, 3.8) is 0 Å². The normalized spacial score (nSPS) is 10.1. The van der Waals surface area contributed by atoms with Crippen molar-refractivity contribution < 1.29 is 0 Å². The van der Waals surface area contributed by atoms with Crippen LogP contribution in [0.15, 0.2) is 109 Å². The summed E-state index contributed by atoms with van der Waals surface area (Å²) in [6.45, 7) is 0. The van der Waals surface area contributed by atoms with Gasteiger partial charge in [-0.2, -0.15) is 0 Å². The van der Waals surface area contributed by atoms with Gasteiger partial charge in [-0.1, -0.05) is 96.5 Å². The van der Waals surface area contributed by atoms with Gasteiger partial charge in [0.2, 0.25) is 0 Å². The van der Waals surface area contributed by atoms with Crippen molar-refractivity contribution in [2.75, 3.05) is 0 Å². The molecule has 0 fully saturated rings. The molecule has 0 aliphatic rings. The minimum absolute atomic E-state index is 0.943. The van der Waals surface area contributed by atoms with Gasteiger partial charge in [0.25, 0.3) is 0 Å². The Morgan fingerprint density at radius 1 is 0.333 bits per heavy atom. The van der Waals surface area contributed by atoms with Gasteiger partial charge in [-0.15, -0.1) is 0 Å². The standard InChI is InChI=1S/C30H18/c1-2-8-26(18-14-24-16-20-28-10-4-6-12-30(28)22-24)25(7-1)17-13-23-15-19-27-9-3-5-11-29(27)21-23/h1-12,15-16,19-22H. The molecule has 0 saturated carbocycles. The lowest BCUT2D eigenvalue weighted by Crippen LogP contribution is -1.84. The van der Waals surface area contributed by atoms with Crippen LogP contribution >= 0.6 is 0 Å². The maximum Gasteiger partial charge on any atom is 0.0405 e. The second-order valence-corrected chi connectivity index (χ2v) is 7.17. The second-order valence-electron chi connectivity index (χ2n) is 7.17. The molecule has 0 bridgehead atoms. The van der Waals surface area contributed by atoms with Crippen LogP contribution in [-0.2, 0) is 0 Å². The fourth-order valence-corrected chi connectivity index (χ4v) is 3.51. The molecule has 0 saturated heterocycles. The molecule has 0 amide bonds. The summed E-state index contributed by atoms with van der Waals surface area (Å²) in [7, 11) is 0. The van der Waals surface area contributed by atoms with Crippen molar-refractivity contribution in [1.82, 2.24) is 0 Å². The van der Waals surface area contributed by atoms with E-state index in [9.17, 15) is 0 Å². The van der Waals surface area contributed by atoms with E-state index in [2.05, 4.69) is 109 Å². The van der Waals surface area contributed by atoms with E-state index in [1.54, 1.807) is 0 Å². The van der Waals surface area contributed by atoms with Crippen molar-refractivity contribution in [1.29, 1.82) is 0 Å². The Morgan fingerprint density at radius 2 is 0.733 bits per heavy atom. The number of hydrogen-bond donors (Lipinski definition) is 0. The fraction of sp³-hybridized carbons (Fsp3) is 0. The summed E-state index contributed by atoms with van der Waals surface area (Å²) in [6, 6.07) is 37.4. The molecule has 0 atom stereocenters. The Labute approximate surface area is 176 Å². The van der Waals surface area contributed by atoms with Gasteiger partial charge in [0, 0.05) is 22.3 Å². The topological polar surface area (TPSA) is 0 Å². The highest BCUT2D eigenvalue weighted by Gasteiger charge is 1.97. The average molecular weight is 378 g/mol. The van der Waals surface area contributed by atoms with E-state index in [1.807, 2.05) is 24.3 Å². The van der Waals surface area contributed by atoms with Gasteiger partial charge >= 0.3 is 0 Å². The van der Waals surface area contributed by atoms with Crippen LogP contribution in [0.4, 0.5) is 0 Å². The maximum absolute atomic E-state index is 3.31. The van der Waals surface area contributed by atoms with Gasteiger partial charge in [-0.25, -0.2) is 0 Å². The molecule has 0 N–H and O–H groups in total. The lowest BCUT2D eigenvalue weighted by Gasteiger charge is -1.99. The summed E-state index contributed by atoms with van der Waals surface area (Å²) in [5.74, 6) is 13.2. The molecule has 0 unspecified atom stereocenters. The van der Waals surface area contributed by atoms with Crippen LogP contribution in [0.25, 0.3) is 21.5 Å². The summed E-state index contributed by atoms with van der Waals surface area (Å²) in [5, 5.41) is 4.86. The van der Waals surface area contributed by atoms with Crippen LogP contribution in [-0.4, -0.2) is 0 Å². The largest absolute Gasteiger partial charge is 0.0616 e. The second kappa shape index (κ2) is 8.00. The van der Waals surface area contributed by atoms with E-state index in [4.69, 9.17) is 0 Å². The van der Waals surface area contributed by atoms with E-state index in [1.165, 1.54) is 21.5 Å². The van der Waals surface area contributed by atoms with E-state index < -0.39 is 0 Å². The summed E-state index contributed by atoms with van der Waals surface area (Å²) in [5.41, 5.74) is 3.90. The first-order valence-corrected chi connectivity index (χ1v) is 9.96. The highest BCUT2D eigenvalue weighted by molar-refractivity contribution is 5.84. The molecule has 0 aliphatic carbocycles. The third kappa shape index (κ3) is 3.81. The molecule has 0 aromatic heterocycles. The van der Waals surface area contributed by atoms with Crippen molar-refractivity contribution in [3.8, 4) is 23.7 Å². The zero-order valence-electron chi connectivity index (χ0n) is 16.4. The Bertz CT molecular complexity index is 1380. The van der Waals surface area contributed by atoms with Crippen LogP contribution in [0.1, 0.15) is 22.3 Å². The van der Waals surface area contributed by atoms with Crippen LogP contribution < -0.4 is 0 Å². The lowest BCUT2D eigenvalue weighted by atomic mass is 10.0. The van der Waals surface area contributed by atoms with Crippen molar-refractivity contribution in [2.24, 2.45) is 0 Å². The Balaban J connectivity index is 1.47. The fourth-order valence-electron chi connectivity index (χ4n) is 3.51. The SMILES string of the molecule is C(#Cc1ccccc1C#Cc1ccc2ccccc2c1)c1ccc2ccccc2c1. The first kappa shape index (κ1) is 17.8.